The molecule has 0 radical (unpaired) electrons. The van der Waals surface area contributed by atoms with Crippen LogP contribution in [0.1, 0.15) is 5.56 Å². The van der Waals surface area contributed by atoms with Gasteiger partial charge in [0.25, 0.3) is 5.69 Å². The number of nitrogens with zero attached hydrogens (tertiary/aromatic N) is 2. The third-order valence-corrected chi connectivity index (χ3v) is 3.82. The van der Waals surface area contributed by atoms with E-state index in [-0.39, 0.29) is 5.69 Å². The van der Waals surface area contributed by atoms with Gasteiger partial charge in [0.05, 0.1) is 16.1 Å². The van der Waals surface area contributed by atoms with Crippen LogP contribution in [0, 0.1) is 17.0 Å². The van der Waals surface area contributed by atoms with Gasteiger partial charge >= 0.3 is 0 Å². The fourth-order valence-corrected chi connectivity index (χ4v) is 2.63. The second-order valence-corrected chi connectivity index (χ2v) is 5.71. The second-order valence-electron chi connectivity index (χ2n) is 4.79. The van der Waals surface area contributed by atoms with Crippen LogP contribution in [0.15, 0.2) is 53.0 Å². The number of aromatic nitrogens is 1. The van der Waals surface area contributed by atoms with Gasteiger partial charge in [-0.3, -0.25) is 10.1 Å². The number of fused-ring (bicyclic) bond motifs is 1. The predicted octanol–water partition coefficient (Wildman–Crippen LogP) is 4.88. The highest BCUT2D eigenvalue weighted by molar-refractivity contribution is 9.10. The van der Waals surface area contributed by atoms with Crippen LogP contribution in [0.25, 0.3) is 22.2 Å². The average Bonchev–Trinajstić information content (AvgIpc) is 2.47. The Morgan fingerprint density at radius 2 is 1.81 bits per heavy atom. The van der Waals surface area contributed by atoms with Crippen molar-refractivity contribution in [1.82, 2.24) is 4.98 Å². The van der Waals surface area contributed by atoms with Crippen molar-refractivity contribution in [2.45, 2.75) is 6.92 Å². The molecule has 0 aliphatic heterocycles. The maximum Gasteiger partial charge on any atom is 0.269 e. The van der Waals surface area contributed by atoms with Gasteiger partial charge in [-0.2, -0.15) is 0 Å². The molecule has 5 heteroatoms. The minimum Gasteiger partial charge on any atom is -0.258 e. The Bertz CT molecular complexity index is 845. The van der Waals surface area contributed by atoms with Crippen molar-refractivity contribution in [2.24, 2.45) is 0 Å². The van der Waals surface area contributed by atoms with Crippen LogP contribution < -0.4 is 0 Å². The van der Waals surface area contributed by atoms with Crippen molar-refractivity contribution in [1.29, 1.82) is 0 Å². The van der Waals surface area contributed by atoms with Crippen molar-refractivity contribution in [2.75, 3.05) is 0 Å². The molecule has 21 heavy (non-hydrogen) atoms. The number of nitro benzene ring substituents is 1. The molecule has 0 spiro atoms. The van der Waals surface area contributed by atoms with E-state index in [1.165, 1.54) is 12.1 Å². The molecule has 3 aromatic rings. The Morgan fingerprint density at radius 3 is 2.48 bits per heavy atom. The van der Waals surface area contributed by atoms with E-state index in [4.69, 9.17) is 0 Å². The van der Waals surface area contributed by atoms with Crippen LogP contribution in [0.2, 0.25) is 0 Å². The summed E-state index contributed by atoms with van der Waals surface area (Å²) in [6.07, 6.45) is 0. The molecule has 1 heterocycles. The standard InChI is InChI=1S/C16H11BrN2O2/c1-10-8-12-2-5-13(17)9-15(12)18-16(10)11-3-6-14(7-4-11)19(20)21/h2-9H,1H3. The number of hydrogen-bond acceptors (Lipinski definition) is 3. The number of rotatable bonds is 2. The molecule has 0 unspecified atom stereocenters. The van der Waals surface area contributed by atoms with Crippen molar-refractivity contribution in [3.05, 3.63) is 68.7 Å². The lowest BCUT2D eigenvalue weighted by molar-refractivity contribution is -0.384. The summed E-state index contributed by atoms with van der Waals surface area (Å²) in [5, 5.41) is 11.8. The Morgan fingerprint density at radius 1 is 1.10 bits per heavy atom. The number of hydrogen-bond donors (Lipinski definition) is 0. The number of benzene rings is 2. The summed E-state index contributed by atoms with van der Waals surface area (Å²) in [6.45, 7) is 1.99. The number of non-ortho nitro benzene ring substituents is 1. The lowest BCUT2D eigenvalue weighted by Gasteiger charge is -2.08. The first-order valence-electron chi connectivity index (χ1n) is 6.36. The topological polar surface area (TPSA) is 56.0 Å². The van der Waals surface area contributed by atoms with E-state index < -0.39 is 4.92 Å². The fourth-order valence-electron chi connectivity index (χ4n) is 2.28. The molecule has 0 fully saturated rings. The third-order valence-electron chi connectivity index (χ3n) is 3.32. The van der Waals surface area contributed by atoms with E-state index in [2.05, 4.69) is 27.0 Å². The molecule has 0 atom stereocenters. The first kappa shape index (κ1) is 13.7. The van der Waals surface area contributed by atoms with Crippen molar-refractivity contribution in [3.63, 3.8) is 0 Å². The zero-order chi connectivity index (χ0) is 15.0. The van der Waals surface area contributed by atoms with Gasteiger partial charge in [-0.05, 0) is 42.8 Å². The molecule has 2 aromatic carbocycles. The van der Waals surface area contributed by atoms with Gasteiger partial charge < -0.3 is 0 Å². The van der Waals surface area contributed by atoms with Crippen molar-refractivity contribution < 1.29 is 4.92 Å². The molecule has 4 nitrogen and oxygen atoms in total. The normalized spacial score (nSPS) is 10.8. The fraction of sp³-hybridized carbons (Fsp3) is 0.0625. The quantitative estimate of drug-likeness (QED) is 0.492. The molecule has 0 amide bonds. The molecule has 0 bridgehead atoms. The van der Waals surface area contributed by atoms with Crippen LogP contribution in [-0.4, -0.2) is 9.91 Å². The number of nitro groups is 1. The Labute approximate surface area is 129 Å². The van der Waals surface area contributed by atoms with Gasteiger partial charge in [-0.25, -0.2) is 4.98 Å². The van der Waals surface area contributed by atoms with Crippen molar-refractivity contribution >= 4 is 32.5 Å². The lowest BCUT2D eigenvalue weighted by Crippen LogP contribution is -1.92. The van der Waals surface area contributed by atoms with Gasteiger partial charge in [0, 0.05) is 27.6 Å². The van der Waals surface area contributed by atoms with Gasteiger partial charge in [0.15, 0.2) is 0 Å². The largest absolute Gasteiger partial charge is 0.269 e. The highest BCUT2D eigenvalue weighted by Crippen LogP contribution is 2.28. The van der Waals surface area contributed by atoms with Gasteiger partial charge in [-0.15, -0.1) is 0 Å². The summed E-state index contributed by atoms with van der Waals surface area (Å²) in [5.41, 5.74) is 3.73. The summed E-state index contributed by atoms with van der Waals surface area (Å²) < 4.78 is 0.973. The maximum absolute atomic E-state index is 10.7. The molecule has 0 aliphatic carbocycles. The zero-order valence-electron chi connectivity index (χ0n) is 11.2. The molecule has 3 rings (SSSR count). The smallest absolute Gasteiger partial charge is 0.258 e. The molecule has 0 saturated heterocycles. The monoisotopic (exact) mass is 342 g/mol. The number of aryl methyl sites for hydroxylation is 1. The first-order chi connectivity index (χ1) is 10.0. The van der Waals surface area contributed by atoms with Crippen LogP contribution in [0.4, 0.5) is 5.69 Å². The van der Waals surface area contributed by atoms with E-state index in [9.17, 15) is 10.1 Å². The van der Waals surface area contributed by atoms with E-state index in [0.717, 1.165) is 32.2 Å². The average molecular weight is 343 g/mol. The van der Waals surface area contributed by atoms with Gasteiger partial charge in [0.1, 0.15) is 0 Å². The summed E-state index contributed by atoms with van der Waals surface area (Å²) in [5.74, 6) is 0. The molecular formula is C16H11BrN2O2. The minimum absolute atomic E-state index is 0.0833. The Balaban J connectivity index is 2.14. The third kappa shape index (κ3) is 2.64. The molecule has 0 saturated carbocycles. The van der Waals surface area contributed by atoms with Crippen molar-refractivity contribution in [3.8, 4) is 11.3 Å². The SMILES string of the molecule is Cc1cc2ccc(Br)cc2nc1-c1ccc([N+](=O)[O-])cc1. The predicted molar refractivity (Wildman–Crippen MR) is 86.3 cm³/mol. The second kappa shape index (κ2) is 5.26. The van der Waals surface area contributed by atoms with Crippen LogP contribution in [-0.2, 0) is 0 Å². The van der Waals surface area contributed by atoms with E-state index in [0.29, 0.717) is 0 Å². The highest BCUT2D eigenvalue weighted by Gasteiger charge is 2.09. The van der Waals surface area contributed by atoms with E-state index in [1.807, 2.05) is 25.1 Å². The molecule has 104 valence electrons. The summed E-state index contributed by atoms with van der Waals surface area (Å²) in [7, 11) is 0. The van der Waals surface area contributed by atoms with E-state index >= 15 is 0 Å². The van der Waals surface area contributed by atoms with Gasteiger partial charge in [0.2, 0.25) is 0 Å². The summed E-state index contributed by atoms with van der Waals surface area (Å²) in [6, 6.07) is 14.5. The Kier molecular flexibility index (Phi) is 3.43. The lowest BCUT2D eigenvalue weighted by atomic mass is 10.0. The summed E-state index contributed by atoms with van der Waals surface area (Å²) in [4.78, 5) is 15.0. The molecule has 1 aromatic heterocycles. The molecular weight excluding hydrogens is 332 g/mol. The minimum atomic E-state index is -0.401. The zero-order valence-corrected chi connectivity index (χ0v) is 12.8. The Hall–Kier alpha value is -2.27. The number of halogens is 1. The van der Waals surface area contributed by atoms with E-state index in [1.54, 1.807) is 12.1 Å². The van der Waals surface area contributed by atoms with Crippen LogP contribution in [0.5, 0.6) is 0 Å². The molecule has 0 aliphatic rings. The first-order valence-corrected chi connectivity index (χ1v) is 7.15. The molecule has 0 N–H and O–H groups in total. The highest BCUT2D eigenvalue weighted by atomic mass is 79.9. The maximum atomic E-state index is 10.7. The van der Waals surface area contributed by atoms with Gasteiger partial charge in [-0.1, -0.05) is 22.0 Å². The van der Waals surface area contributed by atoms with Crippen LogP contribution in [0.3, 0.4) is 0 Å². The van der Waals surface area contributed by atoms with Crippen LogP contribution >= 0.6 is 15.9 Å². The summed E-state index contributed by atoms with van der Waals surface area (Å²) >= 11 is 3.44. The number of pyridine rings is 1.